The molecule has 2 N–H and O–H groups in total. The number of benzene rings is 2. The molecular weight excluding hydrogens is 334 g/mol. The molecule has 4 rings (SSSR count). The van der Waals surface area contributed by atoms with E-state index in [1.807, 2.05) is 24.3 Å². The summed E-state index contributed by atoms with van der Waals surface area (Å²) in [5.74, 6) is -0.515. The van der Waals surface area contributed by atoms with Crippen molar-refractivity contribution in [2.75, 3.05) is 12.4 Å². The molecule has 0 amide bonds. The Labute approximate surface area is 149 Å². The summed E-state index contributed by atoms with van der Waals surface area (Å²) in [6, 6.07) is 12.9. The molecule has 4 nitrogen and oxygen atoms in total. The number of amidine groups is 1. The minimum atomic E-state index is -0.605. The second kappa shape index (κ2) is 6.55. The van der Waals surface area contributed by atoms with Crippen molar-refractivity contribution in [2.24, 2.45) is 4.99 Å². The number of aromatic nitrogens is 1. The fourth-order valence-corrected chi connectivity index (χ4v) is 3.13. The zero-order valence-electron chi connectivity index (χ0n) is 14.0. The van der Waals surface area contributed by atoms with E-state index in [1.54, 1.807) is 25.5 Å². The van der Waals surface area contributed by atoms with E-state index in [-0.39, 0.29) is 6.17 Å². The van der Waals surface area contributed by atoms with Crippen molar-refractivity contribution in [1.82, 2.24) is 10.3 Å². The number of nitrogens with one attached hydrogen (secondary N) is 2. The highest BCUT2D eigenvalue weighted by Crippen LogP contribution is 2.37. The lowest BCUT2D eigenvalue weighted by molar-refractivity contribution is 0.585. The highest BCUT2D eigenvalue weighted by Gasteiger charge is 2.26. The summed E-state index contributed by atoms with van der Waals surface area (Å²) in [4.78, 5) is 8.48. The molecule has 26 heavy (non-hydrogen) atoms. The Bertz CT molecular complexity index is 986. The van der Waals surface area contributed by atoms with Crippen molar-refractivity contribution in [3.05, 3.63) is 83.7 Å². The van der Waals surface area contributed by atoms with Crippen molar-refractivity contribution in [2.45, 2.75) is 6.17 Å². The third kappa shape index (κ3) is 2.79. The first-order valence-electron chi connectivity index (χ1n) is 8.16. The molecule has 0 saturated carbocycles. The van der Waals surface area contributed by atoms with Crippen LogP contribution in [0.5, 0.6) is 0 Å². The summed E-state index contributed by atoms with van der Waals surface area (Å²) < 4.78 is 27.7. The lowest BCUT2D eigenvalue weighted by atomic mass is 9.96. The van der Waals surface area contributed by atoms with Gasteiger partial charge >= 0.3 is 0 Å². The maximum atomic E-state index is 14.4. The van der Waals surface area contributed by atoms with Crippen LogP contribution in [-0.2, 0) is 0 Å². The van der Waals surface area contributed by atoms with E-state index in [9.17, 15) is 8.78 Å². The number of anilines is 1. The first-order valence-corrected chi connectivity index (χ1v) is 8.16. The van der Waals surface area contributed by atoms with Gasteiger partial charge in [0.05, 0.1) is 5.69 Å². The molecule has 1 aromatic heterocycles. The smallest absolute Gasteiger partial charge is 0.134 e. The van der Waals surface area contributed by atoms with Gasteiger partial charge in [-0.1, -0.05) is 18.2 Å². The van der Waals surface area contributed by atoms with Gasteiger partial charge in [-0.2, -0.15) is 0 Å². The molecule has 0 radical (unpaired) electrons. The molecule has 2 heterocycles. The third-order valence-electron chi connectivity index (χ3n) is 4.35. The second-order valence-corrected chi connectivity index (χ2v) is 5.93. The summed E-state index contributed by atoms with van der Waals surface area (Å²) in [6.07, 6.45) is 3.19. The molecule has 1 aliphatic heterocycles. The topological polar surface area (TPSA) is 49.3 Å². The van der Waals surface area contributed by atoms with Crippen LogP contribution in [0.4, 0.5) is 14.5 Å². The zero-order valence-corrected chi connectivity index (χ0v) is 14.0. The standard InChI is InChI=1S/C20H16F2N4/c1-23-20-16-6-2-5-15(14-8-7-13(21)10-17(14)22)18(16)25-19(26-20)12-4-3-9-24-11-12/h2-11,19,25H,1H3,(H,23,26). The molecule has 1 aliphatic rings. The fraction of sp³-hybridized carbons (Fsp3) is 0.100. The van der Waals surface area contributed by atoms with E-state index in [0.717, 1.165) is 22.9 Å². The van der Waals surface area contributed by atoms with Gasteiger partial charge in [0, 0.05) is 47.8 Å². The van der Waals surface area contributed by atoms with Gasteiger partial charge in [0.2, 0.25) is 0 Å². The number of para-hydroxylation sites is 1. The van der Waals surface area contributed by atoms with Gasteiger partial charge < -0.3 is 10.6 Å². The molecule has 1 atom stereocenters. The van der Waals surface area contributed by atoms with E-state index in [1.165, 1.54) is 12.1 Å². The zero-order chi connectivity index (χ0) is 18.1. The first kappa shape index (κ1) is 16.2. The van der Waals surface area contributed by atoms with Gasteiger partial charge in [0.25, 0.3) is 0 Å². The van der Waals surface area contributed by atoms with Crippen LogP contribution in [0.15, 0.2) is 65.9 Å². The Morgan fingerprint density at radius 3 is 2.54 bits per heavy atom. The van der Waals surface area contributed by atoms with Crippen molar-refractivity contribution in [1.29, 1.82) is 0 Å². The Balaban J connectivity index is 1.86. The van der Waals surface area contributed by atoms with E-state index in [2.05, 4.69) is 20.6 Å². The number of fused-ring (bicyclic) bond motifs is 1. The molecule has 2 aromatic carbocycles. The highest BCUT2D eigenvalue weighted by molar-refractivity contribution is 6.08. The number of hydrogen-bond acceptors (Lipinski definition) is 3. The van der Waals surface area contributed by atoms with Gasteiger partial charge in [0.1, 0.15) is 23.6 Å². The van der Waals surface area contributed by atoms with Crippen LogP contribution in [0.1, 0.15) is 17.3 Å². The number of aliphatic imine (C=N–C) groups is 1. The number of rotatable bonds is 2. The molecule has 1 unspecified atom stereocenters. The van der Waals surface area contributed by atoms with Crippen LogP contribution >= 0.6 is 0 Å². The third-order valence-corrected chi connectivity index (χ3v) is 4.35. The highest BCUT2D eigenvalue weighted by atomic mass is 19.1. The Morgan fingerprint density at radius 1 is 0.962 bits per heavy atom. The lowest BCUT2D eigenvalue weighted by Gasteiger charge is -2.32. The molecule has 6 heteroatoms. The number of halogens is 2. The van der Waals surface area contributed by atoms with Crippen LogP contribution in [-0.4, -0.2) is 17.9 Å². The van der Waals surface area contributed by atoms with Gasteiger partial charge in [-0.3, -0.25) is 9.98 Å². The van der Waals surface area contributed by atoms with Crippen LogP contribution in [0, 0.1) is 11.6 Å². The van der Waals surface area contributed by atoms with Crippen molar-refractivity contribution in [3.63, 3.8) is 0 Å². The minimum absolute atomic E-state index is 0.264. The molecule has 0 saturated heterocycles. The summed E-state index contributed by atoms with van der Waals surface area (Å²) in [6.45, 7) is 0. The van der Waals surface area contributed by atoms with E-state index in [4.69, 9.17) is 0 Å². The van der Waals surface area contributed by atoms with Gasteiger partial charge in [-0.05, 0) is 24.3 Å². The SMILES string of the molecule is CN=C1NC(c2cccnc2)Nc2c1cccc2-c1ccc(F)cc1F. The average molecular weight is 350 g/mol. The molecule has 0 bridgehead atoms. The van der Waals surface area contributed by atoms with Crippen LogP contribution < -0.4 is 10.6 Å². The Hall–Kier alpha value is -3.28. The van der Waals surface area contributed by atoms with Gasteiger partial charge in [0.15, 0.2) is 0 Å². The first-order chi connectivity index (χ1) is 12.7. The summed E-state index contributed by atoms with van der Waals surface area (Å²) in [5, 5.41) is 6.72. The number of pyridine rings is 1. The van der Waals surface area contributed by atoms with E-state index < -0.39 is 11.6 Å². The number of nitrogens with zero attached hydrogens (tertiary/aromatic N) is 2. The Kier molecular flexibility index (Phi) is 4.08. The van der Waals surface area contributed by atoms with Crippen molar-refractivity contribution >= 4 is 11.5 Å². The normalized spacial score (nSPS) is 17.3. The number of hydrogen-bond donors (Lipinski definition) is 2. The van der Waals surface area contributed by atoms with Crippen LogP contribution in [0.2, 0.25) is 0 Å². The molecule has 3 aromatic rings. The fourth-order valence-electron chi connectivity index (χ4n) is 3.13. The summed E-state index contributed by atoms with van der Waals surface area (Å²) in [7, 11) is 1.70. The Morgan fingerprint density at radius 2 is 1.81 bits per heavy atom. The second-order valence-electron chi connectivity index (χ2n) is 5.93. The molecule has 0 aliphatic carbocycles. The summed E-state index contributed by atoms with van der Waals surface area (Å²) >= 11 is 0. The molecule has 0 spiro atoms. The van der Waals surface area contributed by atoms with Crippen molar-refractivity contribution < 1.29 is 8.78 Å². The van der Waals surface area contributed by atoms with Crippen molar-refractivity contribution in [3.8, 4) is 11.1 Å². The maximum absolute atomic E-state index is 14.4. The predicted octanol–water partition coefficient (Wildman–Crippen LogP) is 4.12. The maximum Gasteiger partial charge on any atom is 0.134 e. The minimum Gasteiger partial charge on any atom is -0.360 e. The van der Waals surface area contributed by atoms with Crippen LogP contribution in [0.25, 0.3) is 11.1 Å². The predicted molar refractivity (Wildman–Crippen MR) is 98.0 cm³/mol. The monoisotopic (exact) mass is 350 g/mol. The largest absolute Gasteiger partial charge is 0.360 e. The molecule has 0 fully saturated rings. The van der Waals surface area contributed by atoms with Gasteiger partial charge in [-0.25, -0.2) is 8.78 Å². The summed E-state index contributed by atoms with van der Waals surface area (Å²) in [5.41, 5.74) is 3.48. The van der Waals surface area contributed by atoms with E-state index in [0.29, 0.717) is 17.0 Å². The quantitative estimate of drug-likeness (QED) is 0.731. The van der Waals surface area contributed by atoms with E-state index >= 15 is 0 Å². The average Bonchev–Trinajstić information content (AvgIpc) is 2.67. The van der Waals surface area contributed by atoms with Crippen LogP contribution in [0.3, 0.4) is 0 Å². The molecule has 130 valence electrons. The molecular formula is C20H16F2N4. The lowest BCUT2D eigenvalue weighted by Crippen LogP contribution is -2.39. The van der Waals surface area contributed by atoms with Gasteiger partial charge in [-0.15, -0.1) is 0 Å².